The largest absolute Gasteiger partial charge is 0.472 e. The Labute approximate surface area is 154 Å². The van der Waals surface area contributed by atoms with Crippen molar-refractivity contribution in [3.05, 3.63) is 0 Å². The maximum atomic E-state index is 11.3. The molecule has 1 atom stereocenters. The summed E-state index contributed by atoms with van der Waals surface area (Å²) in [6.45, 7) is 3.47. The van der Waals surface area contributed by atoms with Crippen LogP contribution in [0.4, 0.5) is 0 Å². The molecule has 6 nitrogen and oxygen atoms in total. The van der Waals surface area contributed by atoms with Crippen molar-refractivity contribution in [1.29, 1.82) is 0 Å². The van der Waals surface area contributed by atoms with Crippen LogP contribution in [-0.4, -0.2) is 37.9 Å². The fourth-order valence-electron chi connectivity index (χ4n) is 2.56. The zero-order chi connectivity index (χ0) is 18.6. The molecule has 0 saturated carbocycles. The van der Waals surface area contributed by atoms with Crippen LogP contribution in [0.25, 0.3) is 0 Å². The van der Waals surface area contributed by atoms with Gasteiger partial charge in [0, 0.05) is 13.2 Å². The lowest BCUT2D eigenvalue weighted by Gasteiger charge is -2.11. The average molecular weight is 381 g/mol. The van der Waals surface area contributed by atoms with E-state index in [4.69, 9.17) is 15.0 Å². The minimum atomic E-state index is -3.96. The van der Waals surface area contributed by atoms with E-state index >= 15 is 0 Å². The molecule has 1 unspecified atom stereocenters. The van der Waals surface area contributed by atoms with Gasteiger partial charge >= 0.3 is 7.82 Å². The lowest BCUT2D eigenvalue weighted by Crippen LogP contribution is -2.10. The standard InChI is InChI=1S/C18H40NO5P/c1-2-3-4-5-6-7-8-9-10-11-12-13-15-22-17-18-24-25(20,21)23-16-14-19/h2-19H2,1H3,(H,20,21). The molecule has 0 heterocycles. The van der Waals surface area contributed by atoms with Crippen molar-refractivity contribution in [2.75, 3.05) is 33.0 Å². The van der Waals surface area contributed by atoms with Gasteiger partial charge in [-0.05, 0) is 6.42 Å². The quantitative estimate of drug-likeness (QED) is 0.233. The molecule has 25 heavy (non-hydrogen) atoms. The zero-order valence-corrected chi connectivity index (χ0v) is 17.0. The number of unbranched alkanes of at least 4 members (excludes halogenated alkanes) is 11. The third kappa shape index (κ3) is 20.2. The van der Waals surface area contributed by atoms with E-state index < -0.39 is 7.82 Å². The summed E-state index contributed by atoms with van der Waals surface area (Å²) in [6, 6.07) is 0. The molecule has 0 amide bonds. The van der Waals surface area contributed by atoms with Crippen LogP contribution in [0.2, 0.25) is 0 Å². The second-order valence-electron chi connectivity index (χ2n) is 6.43. The second-order valence-corrected chi connectivity index (χ2v) is 7.88. The summed E-state index contributed by atoms with van der Waals surface area (Å²) < 4.78 is 26.1. The van der Waals surface area contributed by atoms with Crippen LogP contribution in [0.3, 0.4) is 0 Å². The number of nitrogens with two attached hydrogens (primary N) is 1. The molecule has 152 valence electrons. The van der Waals surface area contributed by atoms with Gasteiger partial charge in [0.25, 0.3) is 0 Å². The Kier molecular flexibility index (Phi) is 18.8. The van der Waals surface area contributed by atoms with E-state index in [2.05, 4.69) is 11.4 Å². The highest BCUT2D eigenvalue weighted by atomic mass is 31.2. The Hall–Kier alpha value is 0.0300. The third-order valence-electron chi connectivity index (χ3n) is 4.00. The highest BCUT2D eigenvalue weighted by Gasteiger charge is 2.19. The van der Waals surface area contributed by atoms with Gasteiger partial charge in [0.1, 0.15) is 0 Å². The molecule has 0 aromatic carbocycles. The molecule has 0 aliphatic heterocycles. The monoisotopic (exact) mass is 381 g/mol. The minimum absolute atomic E-state index is 0.00743. The summed E-state index contributed by atoms with van der Waals surface area (Å²) >= 11 is 0. The Bertz CT molecular complexity index is 318. The molecule has 0 fully saturated rings. The van der Waals surface area contributed by atoms with E-state index in [1.54, 1.807) is 0 Å². The number of phosphoric acid groups is 1. The molecule has 0 aliphatic carbocycles. The van der Waals surface area contributed by atoms with Gasteiger partial charge in [-0.1, -0.05) is 77.6 Å². The summed E-state index contributed by atoms with van der Waals surface area (Å²) in [5, 5.41) is 0. The Morgan fingerprint density at radius 1 is 0.720 bits per heavy atom. The summed E-state index contributed by atoms with van der Waals surface area (Å²) in [7, 11) is -3.96. The summed E-state index contributed by atoms with van der Waals surface area (Å²) in [6.07, 6.45) is 15.8. The number of hydrogen-bond donors (Lipinski definition) is 2. The first-order chi connectivity index (χ1) is 12.1. The van der Waals surface area contributed by atoms with E-state index in [-0.39, 0.29) is 19.8 Å². The molecule has 0 aromatic rings. The molecule has 0 saturated heterocycles. The molecule has 0 radical (unpaired) electrons. The third-order valence-corrected chi connectivity index (χ3v) is 5.01. The Morgan fingerprint density at radius 2 is 1.20 bits per heavy atom. The van der Waals surface area contributed by atoms with Crippen LogP contribution in [0.1, 0.15) is 84.0 Å². The molecular formula is C18H40NO5P. The molecule has 0 rings (SSSR count). The lowest BCUT2D eigenvalue weighted by atomic mass is 10.1. The normalized spacial score (nSPS) is 13.9. The fraction of sp³-hybridized carbons (Fsp3) is 1.00. The predicted octanol–water partition coefficient (Wildman–Crippen LogP) is 4.80. The van der Waals surface area contributed by atoms with E-state index in [9.17, 15) is 9.46 Å². The topological polar surface area (TPSA) is 91.0 Å². The molecule has 0 bridgehead atoms. The lowest BCUT2D eigenvalue weighted by molar-refractivity contribution is 0.0753. The van der Waals surface area contributed by atoms with E-state index in [0.717, 1.165) is 6.42 Å². The van der Waals surface area contributed by atoms with Gasteiger partial charge in [0.05, 0.1) is 19.8 Å². The van der Waals surface area contributed by atoms with Crippen molar-refractivity contribution in [2.45, 2.75) is 84.0 Å². The van der Waals surface area contributed by atoms with Gasteiger partial charge in [0.15, 0.2) is 0 Å². The van der Waals surface area contributed by atoms with Crippen molar-refractivity contribution in [2.24, 2.45) is 5.73 Å². The van der Waals surface area contributed by atoms with Crippen LogP contribution in [0.15, 0.2) is 0 Å². The molecule has 3 N–H and O–H groups in total. The number of hydrogen-bond acceptors (Lipinski definition) is 5. The van der Waals surface area contributed by atoms with Gasteiger partial charge in [-0.25, -0.2) is 4.57 Å². The molecule has 0 spiro atoms. The molecular weight excluding hydrogens is 341 g/mol. The van der Waals surface area contributed by atoms with Crippen LogP contribution >= 0.6 is 7.82 Å². The number of rotatable bonds is 20. The first kappa shape index (κ1) is 25.0. The van der Waals surface area contributed by atoms with Crippen molar-refractivity contribution in [3.63, 3.8) is 0 Å². The Morgan fingerprint density at radius 3 is 1.72 bits per heavy atom. The summed E-state index contributed by atoms with van der Waals surface area (Å²) in [4.78, 5) is 9.26. The predicted molar refractivity (Wildman–Crippen MR) is 103 cm³/mol. The van der Waals surface area contributed by atoms with Gasteiger partial charge in [0.2, 0.25) is 0 Å². The summed E-state index contributed by atoms with van der Waals surface area (Å²) in [5.41, 5.74) is 5.19. The van der Waals surface area contributed by atoms with Gasteiger partial charge in [-0.3, -0.25) is 9.05 Å². The first-order valence-electron chi connectivity index (χ1n) is 10.0. The number of phosphoric ester groups is 1. The highest BCUT2D eigenvalue weighted by Crippen LogP contribution is 2.42. The number of ether oxygens (including phenoxy) is 1. The highest BCUT2D eigenvalue weighted by molar-refractivity contribution is 7.47. The smallest absolute Gasteiger partial charge is 0.379 e. The first-order valence-corrected chi connectivity index (χ1v) is 11.5. The average Bonchev–Trinajstić information content (AvgIpc) is 2.59. The maximum absolute atomic E-state index is 11.3. The van der Waals surface area contributed by atoms with Crippen molar-refractivity contribution in [3.8, 4) is 0 Å². The maximum Gasteiger partial charge on any atom is 0.472 e. The van der Waals surface area contributed by atoms with Crippen molar-refractivity contribution < 1.29 is 23.2 Å². The van der Waals surface area contributed by atoms with Crippen LogP contribution in [0.5, 0.6) is 0 Å². The molecule has 0 aromatic heterocycles. The van der Waals surface area contributed by atoms with E-state index in [1.807, 2.05) is 0 Å². The van der Waals surface area contributed by atoms with Gasteiger partial charge in [-0.15, -0.1) is 0 Å². The van der Waals surface area contributed by atoms with E-state index in [1.165, 1.54) is 70.6 Å². The fourth-order valence-corrected chi connectivity index (χ4v) is 3.28. The second kappa shape index (κ2) is 18.8. The molecule has 0 aliphatic rings. The van der Waals surface area contributed by atoms with Gasteiger partial charge in [-0.2, -0.15) is 0 Å². The van der Waals surface area contributed by atoms with Crippen molar-refractivity contribution in [1.82, 2.24) is 0 Å². The zero-order valence-electron chi connectivity index (χ0n) is 16.1. The summed E-state index contributed by atoms with van der Waals surface area (Å²) in [5.74, 6) is 0. The Balaban J connectivity index is 3.15. The van der Waals surface area contributed by atoms with Crippen LogP contribution in [-0.2, 0) is 18.3 Å². The minimum Gasteiger partial charge on any atom is -0.379 e. The van der Waals surface area contributed by atoms with E-state index in [0.29, 0.717) is 13.2 Å². The van der Waals surface area contributed by atoms with Crippen LogP contribution < -0.4 is 5.73 Å². The van der Waals surface area contributed by atoms with Crippen LogP contribution in [0, 0.1) is 0 Å². The molecule has 7 heteroatoms. The van der Waals surface area contributed by atoms with Crippen molar-refractivity contribution >= 4 is 7.82 Å². The van der Waals surface area contributed by atoms with Gasteiger partial charge < -0.3 is 15.4 Å². The SMILES string of the molecule is CCCCCCCCCCCCCCOCCOP(=O)(O)OCCN.